The maximum Gasteiger partial charge on any atom is 0.305 e. The molecule has 0 radical (unpaired) electrons. The molecule has 0 unspecified atom stereocenters. The van der Waals surface area contributed by atoms with Gasteiger partial charge in [0.1, 0.15) is 84.3 Å². The minimum Gasteiger partial charge on any atom is -0.508 e. The van der Waals surface area contributed by atoms with Crippen LogP contribution in [0.25, 0.3) is 10.9 Å². The van der Waals surface area contributed by atoms with Gasteiger partial charge in [-0.05, 0) is 96.2 Å². The van der Waals surface area contributed by atoms with Gasteiger partial charge in [0, 0.05) is 116 Å². The highest BCUT2D eigenvalue weighted by Gasteiger charge is 2.47. The van der Waals surface area contributed by atoms with Crippen LogP contribution in [0.15, 0.2) is 128 Å². The van der Waals surface area contributed by atoms with E-state index in [0.29, 0.717) is 63.5 Å². The van der Waals surface area contributed by atoms with Gasteiger partial charge in [0.05, 0.1) is 24.8 Å². The van der Waals surface area contributed by atoms with Crippen LogP contribution in [0.3, 0.4) is 0 Å². The van der Waals surface area contributed by atoms with Crippen LogP contribution in [-0.4, -0.2) is 301 Å². The number of unbranched alkanes of at least 4 members (excludes halogenated alkanes) is 1. The molecule has 0 saturated carbocycles. The lowest BCUT2D eigenvalue weighted by Crippen LogP contribution is -2.62. The Hall–Kier alpha value is -13.5. The molecule has 3 aliphatic rings. The van der Waals surface area contributed by atoms with Crippen LogP contribution < -0.4 is 53.6 Å². The largest absolute Gasteiger partial charge is 0.508 e. The van der Waals surface area contributed by atoms with E-state index in [-0.39, 0.29) is 75.8 Å². The first-order valence-corrected chi connectivity index (χ1v) is 45.0. The lowest BCUT2D eigenvalue weighted by Gasteiger charge is -2.38. The number of rotatable bonds is 25. The molecule has 5 aromatic carbocycles. The van der Waals surface area contributed by atoms with E-state index in [4.69, 9.17) is 10.5 Å². The Bertz CT molecular complexity index is 5210. The van der Waals surface area contributed by atoms with Crippen LogP contribution in [-0.2, 0) is 118 Å². The number of fused-ring (bicyclic) bond motifs is 3. The lowest BCUT2D eigenvalue weighted by molar-refractivity contribution is -0.152. The number of aromatic hydroxyl groups is 1. The summed E-state index contributed by atoms with van der Waals surface area (Å²) in [6, 6.07) is 7.37. The number of ether oxygens (including phenoxy) is 1. The fourth-order valence-corrected chi connectivity index (χ4v) is 17.1. The fraction of sp³-hybridized carbons (Fsp3) is 0.467. The molecule has 1 aromatic heterocycles. The number of aliphatic hydroxyl groups is 1. The third-order valence-corrected chi connectivity index (χ3v) is 24.6. The van der Waals surface area contributed by atoms with Gasteiger partial charge in [-0.2, -0.15) is 0 Å². The van der Waals surface area contributed by atoms with E-state index >= 15 is 51.9 Å². The molecule has 16 N–H and O–H groups in total. The molecule has 0 aliphatic carbocycles. The second-order valence-corrected chi connectivity index (χ2v) is 34.8. The zero-order valence-electron chi connectivity index (χ0n) is 75.1. The number of nitrogens with zero attached hydrogens (tertiary/aromatic N) is 5. The smallest absolute Gasteiger partial charge is 0.305 e. The number of aliphatic hydroxyl groups excluding tert-OH is 1. The summed E-state index contributed by atoms with van der Waals surface area (Å²) in [6.45, 7) is 2.97. The van der Waals surface area contributed by atoms with Crippen molar-refractivity contribution in [3.05, 3.63) is 173 Å². The fourth-order valence-electron chi connectivity index (χ4n) is 16.3. The average Bonchev–Trinajstić information content (AvgIpc) is 1.58. The number of phenolic OH excluding ortho intramolecular Hbond substituents is 1. The van der Waals surface area contributed by atoms with Gasteiger partial charge in [0.2, 0.25) is 88.6 Å². The molecule has 42 heteroatoms. The summed E-state index contributed by atoms with van der Waals surface area (Å²) in [7, 11) is 4.90. The Kier molecular flexibility index (Phi) is 38.3. The van der Waals surface area contributed by atoms with Gasteiger partial charge >= 0.3 is 11.9 Å². The number of amides is 15. The monoisotopic (exact) mass is 1880 g/mol. The molecule has 3 saturated heterocycles. The van der Waals surface area contributed by atoms with Gasteiger partial charge in [0.25, 0.3) is 0 Å². The molecule has 14 atom stereocenters. The first-order valence-electron chi connectivity index (χ1n) is 43.9. The van der Waals surface area contributed by atoms with Gasteiger partial charge in [-0.25, -0.2) is 13.2 Å². The number of aromatic amines is 1. The molecule has 4 heterocycles. The number of carboxylic acid groups (broad SMARTS) is 2. The van der Waals surface area contributed by atoms with E-state index in [0.717, 1.165) is 24.5 Å². The van der Waals surface area contributed by atoms with Crippen molar-refractivity contribution in [1.29, 1.82) is 0 Å². The Morgan fingerprint density at radius 2 is 1.10 bits per heavy atom. The van der Waals surface area contributed by atoms with E-state index in [1.54, 1.807) is 98.0 Å². The molecule has 3 aliphatic heterocycles. The van der Waals surface area contributed by atoms with E-state index in [2.05, 4.69) is 52.8 Å². The molecule has 722 valence electrons. The number of nitrogens with two attached hydrogens (primary N) is 1. The van der Waals surface area contributed by atoms with Crippen molar-refractivity contribution in [3.63, 3.8) is 0 Å². The summed E-state index contributed by atoms with van der Waals surface area (Å²) in [5.74, 6) is -26.5. The first kappa shape index (κ1) is 104. The summed E-state index contributed by atoms with van der Waals surface area (Å²) in [5.41, 5.74) is 7.19. The number of aromatic nitrogens is 1. The number of likely N-dealkylation sites (N-methyl/N-ethyl adjacent to an activating group) is 3. The second-order valence-electron chi connectivity index (χ2n) is 33.7. The summed E-state index contributed by atoms with van der Waals surface area (Å²) < 4.78 is 50.4. The number of hydrogen-bond acceptors (Lipinski definition) is 21. The van der Waals surface area contributed by atoms with E-state index in [9.17, 15) is 63.2 Å². The summed E-state index contributed by atoms with van der Waals surface area (Å²) in [4.78, 5) is 258. The standard InChI is InChI=1S/C92H115F3N16O22S/c1-8-9-25-70-91(131)110-34-18-26-69(110)85(125)104-66(44-77(118)119)84(124)106-79(50(2)3)92(132)108(5)71(40-51-19-12-10-13-20-51)86(126)101-63(31-32-76(116)117)89(129)111-47-57(113)43-72(111)87(127)103-65(42-55-45-97-61-24-17-16-23-58(55)61)83(123)102-64(38-53-27-29-56(112)30-28-53)82(122)100-62(33-35-133-7)81(121)105-68(80(120)98-46-74(96)114)48-134-49-75(115)99-67(39-54-36-59(93)78(95)60(94)37-54)88(128)109(6)73(90(130)107(70)4)41-52-21-14-11-15-22-52/h10-17,19-24,27-30,36-37,45,50,57,62-73,79,97,112-113H,8-9,18,25-26,31-35,38-44,46-49H2,1-7H3,(H2,96,114)(H,98,120)(H,99,115)(H,100,122)(H,101,126)(H,102,123)(H,103,127)(H,104,125)(H,105,121)(H,106,124)(H,116,117)(H,118,119)/t57-,62+,63-,64+,65+,66+,67+,68+,69-,70+,71-,72-,73+,79+/m1/s1. The minimum absolute atomic E-state index is 0.0673. The van der Waals surface area contributed by atoms with Crippen LogP contribution in [0.5, 0.6) is 5.75 Å². The quantitative estimate of drug-likeness (QED) is 0.0351. The number of H-pyrrole nitrogens is 1. The molecule has 15 amide bonds. The molecular formula is C92H115F3N16O22S. The highest BCUT2D eigenvalue weighted by molar-refractivity contribution is 8.00. The van der Waals surface area contributed by atoms with E-state index in [1.165, 1.54) is 66.4 Å². The third-order valence-electron chi connectivity index (χ3n) is 23.6. The number of nitrogens with one attached hydrogen (secondary N) is 10. The zero-order valence-corrected chi connectivity index (χ0v) is 75.9. The van der Waals surface area contributed by atoms with Gasteiger partial charge in [-0.15, -0.1) is 11.8 Å². The maximum atomic E-state index is 15.7. The topological polar surface area (TPSA) is 547 Å². The molecular weight excluding hydrogens is 1770 g/mol. The molecule has 9 rings (SSSR count). The first-order chi connectivity index (χ1) is 63.7. The van der Waals surface area contributed by atoms with E-state index < -0.39 is 272 Å². The molecule has 3 fully saturated rings. The number of para-hydroxylation sites is 1. The van der Waals surface area contributed by atoms with Crippen LogP contribution >= 0.6 is 11.8 Å². The number of carbonyl (C=O) groups excluding carboxylic acids is 15. The number of benzene rings is 5. The molecule has 6 aromatic rings. The van der Waals surface area contributed by atoms with E-state index in [1.807, 2.05) is 0 Å². The Morgan fingerprint density at radius 3 is 1.72 bits per heavy atom. The number of phenols is 1. The Balaban J connectivity index is 1.14. The predicted octanol–water partition coefficient (Wildman–Crippen LogP) is 0.687. The number of aliphatic carboxylic acids is 2. The van der Waals surface area contributed by atoms with Crippen molar-refractivity contribution in [2.45, 2.75) is 202 Å². The lowest BCUT2D eigenvalue weighted by atomic mass is 9.98. The SMILES string of the molecule is CCCC[C@H]1C(=O)N2CCC[C@@H]2C(=O)N[C@@H](CC(=O)O)C(=O)N[C@@H](C(C)C)C(=O)N(C)[C@H](Cc2ccccc2)C(=O)N[C@H](CCC(=O)O)C(=O)N2C[C@H](O)C[C@@H]2C(=O)N[C@@H](Cc2c[nH]c3ccccc23)C(=O)N[C@@H](Cc2ccc(O)cc2)C(=O)N[C@@H](CCOC)C(=O)N[C@H](C(=O)NCC(N)=O)CSCC(=O)N[C@@H](Cc2cc(F)c(F)c(F)c2)C(=O)N(C)[C@@H](Cc2ccccc2)C(=O)N1C. The summed E-state index contributed by atoms with van der Waals surface area (Å²) in [6.07, 6.45) is -4.92. The number of thioether (sulfide) groups is 1. The number of carbonyl (C=O) groups is 17. The van der Waals surface area contributed by atoms with Crippen LogP contribution in [0.1, 0.15) is 113 Å². The summed E-state index contributed by atoms with van der Waals surface area (Å²) in [5, 5.41) is 65.8. The van der Waals surface area contributed by atoms with Crippen molar-refractivity contribution in [2.24, 2.45) is 11.7 Å². The number of halogens is 3. The van der Waals surface area contributed by atoms with Crippen LogP contribution in [0.4, 0.5) is 13.2 Å². The minimum atomic E-state index is -1.99. The van der Waals surface area contributed by atoms with Gasteiger partial charge < -0.3 is 108 Å². The van der Waals surface area contributed by atoms with Crippen LogP contribution in [0, 0.1) is 23.4 Å². The van der Waals surface area contributed by atoms with Crippen molar-refractivity contribution in [1.82, 2.24) is 77.3 Å². The second kappa shape index (κ2) is 49.3. The zero-order chi connectivity index (χ0) is 97.9. The molecule has 0 bridgehead atoms. The highest BCUT2D eigenvalue weighted by atomic mass is 32.2. The van der Waals surface area contributed by atoms with Crippen molar-refractivity contribution in [3.8, 4) is 5.75 Å². The van der Waals surface area contributed by atoms with Gasteiger partial charge in [-0.3, -0.25) is 81.5 Å². The number of carboxylic acids is 2. The predicted molar refractivity (Wildman–Crippen MR) is 480 cm³/mol. The summed E-state index contributed by atoms with van der Waals surface area (Å²) >= 11 is 0.634. The number of hydrogen-bond donors (Lipinski definition) is 15. The van der Waals surface area contributed by atoms with Crippen LogP contribution in [0.2, 0.25) is 0 Å². The normalized spacial score (nSPS) is 24.0. The van der Waals surface area contributed by atoms with Crippen molar-refractivity contribution < 1.29 is 120 Å². The number of primary amides is 1. The van der Waals surface area contributed by atoms with Crippen molar-refractivity contribution in [2.75, 3.05) is 66.0 Å². The molecule has 0 spiro atoms. The Labute approximate surface area is 774 Å². The number of methoxy groups -OCH3 is 1. The Morgan fingerprint density at radius 1 is 0.552 bits per heavy atom. The van der Waals surface area contributed by atoms with Crippen molar-refractivity contribution >= 4 is 123 Å². The average molecular weight is 1890 g/mol. The highest BCUT2D eigenvalue weighted by Crippen LogP contribution is 2.29. The third kappa shape index (κ3) is 28.8. The molecule has 38 nitrogen and oxygen atoms in total. The maximum absolute atomic E-state index is 15.7. The van der Waals surface area contributed by atoms with Gasteiger partial charge in [0.15, 0.2) is 17.5 Å². The molecule has 134 heavy (non-hydrogen) atoms. The van der Waals surface area contributed by atoms with Gasteiger partial charge in [-0.1, -0.05) is 125 Å².